The number of rotatable bonds is 9. The van der Waals surface area contributed by atoms with Gasteiger partial charge in [-0.15, -0.1) is 0 Å². The van der Waals surface area contributed by atoms with Crippen LogP contribution in [-0.4, -0.2) is 32.7 Å². The zero-order chi connectivity index (χ0) is 21.2. The SMILES string of the molecule is CCCCOC(=O)c1ccc(NC(=O)/C=C/c2cc(Br)c(OC)c(OC)c2)cc1. The minimum atomic E-state index is -0.366. The smallest absolute Gasteiger partial charge is 0.338 e. The van der Waals surface area contributed by atoms with Crippen molar-refractivity contribution >= 4 is 39.6 Å². The van der Waals surface area contributed by atoms with Gasteiger partial charge in [-0.05, 0) is 70.4 Å². The van der Waals surface area contributed by atoms with Gasteiger partial charge in [0.25, 0.3) is 0 Å². The molecular formula is C22H24BrNO5. The number of nitrogens with one attached hydrogen (secondary N) is 1. The highest BCUT2D eigenvalue weighted by Crippen LogP contribution is 2.36. The molecule has 29 heavy (non-hydrogen) atoms. The van der Waals surface area contributed by atoms with Gasteiger partial charge in [-0.2, -0.15) is 0 Å². The van der Waals surface area contributed by atoms with E-state index in [0.717, 1.165) is 22.9 Å². The summed E-state index contributed by atoms with van der Waals surface area (Å²) in [6.07, 6.45) is 4.89. The van der Waals surface area contributed by atoms with Gasteiger partial charge >= 0.3 is 5.97 Å². The van der Waals surface area contributed by atoms with Gasteiger partial charge in [-0.3, -0.25) is 4.79 Å². The van der Waals surface area contributed by atoms with Crippen LogP contribution in [0.15, 0.2) is 46.9 Å². The Morgan fingerprint density at radius 1 is 1.10 bits per heavy atom. The van der Waals surface area contributed by atoms with Crippen LogP contribution in [0.1, 0.15) is 35.7 Å². The predicted molar refractivity (Wildman–Crippen MR) is 117 cm³/mol. The second-order valence-electron chi connectivity index (χ2n) is 6.13. The van der Waals surface area contributed by atoms with Crippen molar-refractivity contribution < 1.29 is 23.8 Å². The molecule has 0 aliphatic carbocycles. The summed E-state index contributed by atoms with van der Waals surface area (Å²) in [5.74, 6) is 0.482. The number of ether oxygens (including phenoxy) is 3. The number of esters is 1. The van der Waals surface area contributed by atoms with E-state index in [2.05, 4.69) is 21.2 Å². The molecule has 2 aromatic rings. The van der Waals surface area contributed by atoms with E-state index in [4.69, 9.17) is 14.2 Å². The molecule has 7 heteroatoms. The van der Waals surface area contributed by atoms with Crippen LogP contribution in [0.25, 0.3) is 6.08 Å². The largest absolute Gasteiger partial charge is 0.493 e. The van der Waals surface area contributed by atoms with Crippen LogP contribution in [0.3, 0.4) is 0 Å². The van der Waals surface area contributed by atoms with Gasteiger partial charge < -0.3 is 19.5 Å². The zero-order valence-electron chi connectivity index (χ0n) is 16.7. The second kappa shape index (κ2) is 11.3. The highest BCUT2D eigenvalue weighted by atomic mass is 79.9. The molecule has 0 saturated carbocycles. The number of halogens is 1. The van der Waals surface area contributed by atoms with E-state index >= 15 is 0 Å². The molecule has 1 N–H and O–H groups in total. The summed E-state index contributed by atoms with van der Waals surface area (Å²) in [4.78, 5) is 24.1. The third kappa shape index (κ3) is 6.64. The average molecular weight is 462 g/mol. The fraction of sp³-hybridized carbons (Fsp3) is 0.273. The molecule has 6 nitrogen and oxygen atoms in total. The Balaban J connectivity index is 1.98. The number of methoxy groups -OCH3 is 2. The number of carbonyl (C=O) groups is 2. The van der Waals surface area contributed by atoms with Gasteiger partial charge in [0.1, 0.15) is 0 Å². The van der Waals surface area contributed by atoms with E-state index in [-0.39, 0.29) is 11.9 Å². The van der Waals surface area contributed by atoms with Gasteiger partial charge in [0.15, 0.2) is 11.5 Å². The Hall–Kier alpha value is -2.80. The first-order valence-corrected chi connectivity index (χ1v) is 9.95. The first-order chi connectivity index (χ1) is 14.0. The number of amides is 1. The van der Waals surface area contributed by atoms with Crippen molar-refractivity contribution in [2.75, 3.05) is 26.1 Å². The summed E-state index contributed by atoms with van der Waals surface area (Å²) in [6.45, 7) is 2.44. The molecule has 2 rings (SSSR count). The molecule has 0 aliphatic rings. The van der Waals surface area contributed by atoms with Crippen molar-refractivity contribution in [1.82, 2.24) is 0 Å². The van der Waals surface area contributed by atoms with Crippen LogP contribution in [0, 0.1) is 0 Å². The highest BCUT2D eigenvalue weighted by Gasteiger charge is 2.10. The molecular weight excluding hydrogens is 438 g/mol. The van der Waals surface area contributed by atoms with E-state index in [0.29, 0.717) is 29.4 Å². The average Bonchev–Trinajstić information content (AvgIpc) is 2.72. The summed E-state index contributed by atoms with van der Waals surface area (Å²) < 4.78 is 16.5. The molecule has 0 fully saturated rings. The number of unbranched alkanes of at least 4 members (excludes halogenated alkanes) is 1. The molecule has 0 atom stereocenters. The number of benzene rings is 2. The van der Waals surface area contributed by atoms with E-state index in [9.17, 15) is 9.59 Å². The van der Waals surface area contributed by atoms with E-state index < -0.39 is 0 Å². The van der Waals surface area contributed by atoms with Gasteiger partial charge in [0, 0.05) is 11.8 Å². The van der Waals surface area contributed by atoms with Crippen LogP contribution >= 0.6 is 15.9 Å². The monoisotopic (exact) mass is 461 g/mol. The second-order valence-corrected chi connectivity index (χ2v) is 6.98. The van der Waals surface area contributed by atoms with Crippen molar-refractivity contribution in [3.05, 3.63) is 58.1 Å². The predicted octanol–water partition coefficient (Wildman–Crippen LogP) is 5.08. The summed E-state index contributed by atoms with van der Waals surface area (Å²) in [7, 11) is 3.11. The lowest BCUT2D eigenvalue weighted by Crippen LogP contribution is -2.09. The van der Waals surface area contributed by atoms with E-state index in [1.165, 1.54) is 6.08 Å². The fourth-order valence-electron chi connectivity index (χ4n) is 2.47. The van der Waals surface area contributed by atoms with Gasteiger partial charge in [-0.1, -0.05) is 13.3 Å². The molecule has 0 heterocycles. The van der Waals surface area contributed by atoms with Gasteiger partial charge in [-0.25, -0.2) is 4.79 Å². The number of anilines is 1. The van der Waals surface area contributed by atoms with Crippen molar-refractivity contribution in [3.63, 3.8) is 0 Å². The van der Waals surface area contributed by atoms with Crippen LogP contribution in [0.2, 0.25) is 0 Å². The normalized spacial score (nSPS) is 10.6. The molecule has 1 amide bonds. The molecule has 154 valence electrons. The molecule has 0 saturated heterocycles. The van der Waals surface area contributed by atoms with Crippen molar-refractivity contribution in [2.24, 2.45) is 0 Å². The van der Waals surface area contributed by atoms with Crippen LogP contribution in [0.4, 0.5) is 5.69 Å². The maximum Gasteiger partial charge on any atom is 0.338 e. The summed E-state index contributed by atoms with van der Waals surface area (Å²) in [5, 5.41) is 2.75. The third-order valence-electron chi connectivity index (χ3n) is 4.00. The van der Waals surface area contributed by atoms with E-state index in [1.807, 2.05) is 13.0 Å². The molecule has 0 unspecified atom stereocenters. The van der Waals surface area contributed by atoms with Gasteiger partial charge in [0.2, 0.25) is 5.91 Å². The molecule has 0 aromatic heterocycles. The minimum absolute atomic E-state index is 0.297. The first-order valence-electron chi connectivity index (χ1n) is 9.16. The van der Waals surface area contributed by atoms with Gasteiger partial charge in [0.05, 0.1) is 30.9 Å². The maximum absolute atomic E-state index is 12.2. The molecule has 2 aromatic carbocycles. The lowest BCUT2D eigenvalue weighted by atomic mass is 10.2. The van der Waals surface area contributed by atoms with Crippen molar-refractivity contribution in [1.29, 1.82) is 0 Å². The van der Waals surface area contributed by atoms with Crippen LogP contribution in [0.5, 0.6) is 11.5 Å². The molecule has 0 bridgehead atoms. The Labute approximate surface area is 179 Å². The first kappa shape index (κ1) is 22.5. The molecule has 0 spiro atoms. The quantitative estimate of drug-likeness (QED) is 0.320. The summed E-state index contributed by atoms with van der Waals surface area (Å²) >= 11 is 3.42. The highest BCUT2D eigenvalue weighted by molar-refractivity contribution is 9.10. The Bertz CT molecular complexity index is 878. The lowest BCUT2D eigenvalue weighted by Gasteiger charge is -2.10. The minimum Gasteiger partial charge on any atom is -0.493 e. The zero-order valence-corrected chi connectivity index (χ0v) is 18.2. The standard InChI is InChI=1S/C22H24BrNO5/c1-4-5-12-29-22(26)16-7-9-17(10-8-16)24-20(25)11-6-15-13-18(23)21(28-3)19(14-15)27-2/h6-11,13-14H,4-5,12H2,1-3H3,(H,24,25)/b11-6+. The fourth-order valence-corrected chi connectivity index (χ4v) is 3.09. The van der Waals surface area contributed by atoms with E-state index in [1.54, 1.807) is 50.6 Å². The molecule has 0 aliphatic heterocycles. The number of hydrogen-bond acceptors (Lipinski definition) is 5. The van der Waals surface area contributed by atoms with Crippen LogP contribution in [-0.2, 0) is 9.53 Å². The summed E-state index contributed by atoms with van der Waals surface area (Å²) in [6, 6.07) is 10.2. The number of hydrogen-bond donors (Lipinski definition) is 1. The molecule has 0 radical (unpaired) electrons. The Morgan fingerprint density at radius 3 is 2.45 bits per heavy atom. The van der Waals surface area contributed by atoms with Crippen LogP contribution < -0.4 is 14.8 Å². The van der Waals surface area contributed by atoms with Crippen molar-refractivity contribution in [3.8, 4) is 11.5 Å². The third-order valence-corrected chi connectivity index (χ3v) is 4.59. The number of carbonyl (C=O) groups excluding carboxylic acids is 2. The maximum atomic E-state index is 12.2. The van der Waals surface area contributed by atoms with Crippen molar-refractivity contribution in [2.45, 2.75) is 19.8 Å². The summed E-state index contributed by atoms with van der Waals surface area (Å²) in [5.41, 5.74) is 1.80. The topological polar surface area (TPSA) is 73.9 Å². The lowest BCUT2D eigenvalue weighted by molar-refractivity contribution is -0.111. The Morgan fingerprint density at radius 2 is 1.83 bits per heavy atom. The Kier molecular flexibility index (Phi) is 8.73.